The van der Waals surface area contributed by atoms with E-state index in [2.05, 4.69) is 10.5 Å². The second kappa shape index (κ2) is 9.15. The minimum Gasteiger partial charge on any atom is -0.497 e. The molecule has 0 aliphatic rings. The van der Waals surface area contributed by atoms with Crippen molar-refractivity contribution < 1.29 is 19.0 Å². The zero-order valence-electron chi connectivity index (χ0n) is 13.6. The van der Waals surface area contributed by atoms with Crippen molar-refractivity contribution in [1.29, 1.82) is 0 Å². The van der Waals surface area contributed by atoms with Gasteiger partial charge in [0.25, 0.3) is 5.91 Å². The van der Waals surface area contributed by atoms with Gasteiger partial charge in [-0.2, -0.15) is 5.10 Å². The number of halogens is 2. The van der Waals surface area contributed by atoms with E-state index in [1.54, 1.807) is 37.4 Å². The van der Waals surface area contributed by atoms with E-state index in [0.717, 1.165) is 0 Å². The molecule has 0 saturated heterocycles. The molecule has 0 atom stereocenters. The summed E-state index contributed by atoms with van der Waals surface area (Å²) in [6, 6.07) is 9.98. The lowest BCUT2D eigenvalue weighted by atomic mass is 10.2. The molecule has 1 amide bonds. The van der Waals surface area contributed by atoms with Crippen molar-refractivity contribution >= 4 is 35.3 Å². The van der Waals surface area contributed by atoms with Crippen molar-refractivity contribution in [2.75, 3.05) is 20.8 Å². The Morgan fingerprint density at radius 2 is 1.92 bits per heavy atom. The maximum atomic E-state index is 11.8. The fourth-order valence-electron chi connectivity index (χ4n) is 1.87. The van der Waals surface area contributed by atoms with Crippen LogP contribution in [0.15, 0.2) is 41.5 Å². The Morgan fingerprint density at radius 1 is 1.12 bits per heavy atom. The lowest BCUT2D eigenvalue weighted by molar-refractivity contribution is -0.123. The largest absolute Gasteiger partial charge is 0.497 e. The van der Waals surface area contributed by atoms with E-state index in [4.69, 9.17) is 37.4 Å². The Bertz CT molecular complexity index is 781. The fourth-order valence-corrected chi connectivity index (χ4v) is 2.33. The summed E-state index contributed by atoms with van der Waals surface area (Å²) >= 11 is 11.8. The summed E-state index contributed by atoms with van der Waals surface area (Å²) in [4.78, 5) is 11.8. The Balaban J connectivity index is 1.90. The summed E-state index contributed by atoms with van der Waals surface area (Å²) in [6.07, 6.45) is 1.46. The number of methoxy groups -OCH3 is 2. The van der Waals surface area contributed by atoms with Crippen LogP contribution < -0.4 is 19.6 Å². The first-order valence-electron chi connectivity index (χ1n) is 7.15. The first kappa shape index (κ1) is 18.9. The Morgan fingerprint density at radius 3 is 2.60 bits per heavy atom. The molecule has 0 spiro atoms. The van der Waals surface area contributed by atoms with Crippen LogP contribution in [0.4, 0.5) is 0 Å². The Hall–Kier alpha value is -2.44. The van der Waals surface area contributed by atoms with Crippen molar-refractivity contribution in [3.8, 4) is 17.2 Å². The summed E-state index contributed by atoms with van der Waals surface area (Å²) in [6.45, 7) is -0.238. The molecule has 0 bridgehead atoms. The van der Waals surface area contributed by atoms with Crippen molar-refractivity contribution in [2.24, 2.45) is 5.10 Å². The van der Waals surface area contributed by atoms with Crippen LogP contribution in [0.2, 0.25) is 10.0 Å². The minimum absolute atomic E-state index is 0.238. The highest BCUT2D eigenvalue weighted by Gasteiger charge is 2.06. The molecule has 6 nitrogen and oxygen atoms in total. The molecular weight excluding hydrogens is 367 g/mol. The van der Waals surface area contributed by atoms with Crippen molar-refractivity contribution in [1.82, 2.24) is 5.43 Å². The van der Waals surface area contributed by atoms with E-state index in [0.29, 0.717) is 32.9 Å². The van der Waals surface area contributed by atoms with Gasteiger partial charge in [0.1, 0.15) is 17.2 Å². The topological polar surface area (TPSA) is 69.2 Å². The molecule has 2 aromatic carbocycles. The van der Waals surface area contributed by atoms with Crippen LogP contribution in [0, 0.1) is 0 Å². The van der Waals surface area contributed by atoms with Gasteiger partial charge in [-0.15, -0.1) is 0 Å². The number of benzene rings is 2. The third kappa shape index (κ3) is 5.55. The van der Waals surface area contributed by atoms with Gasteiger partial charge in [0.15, 0.2) is 6.61 Å². The Kier molecular flexibility index (Phi) is 6.91. The average molecular weight is 383 g/mol. The number of amides is 1. The van der Waals surface area contributed by atoms with Gasteiger partial charge in [-0.05, 0) is 30.3 Å². The van der Waals surface area contributed by atoms with Gasteiger partial charge in [0.05, 0.1) is 25.5 Å². The Labute approximate surface area is 155 Å². The lowest BCUT2D eigenvalue weighted by Gasteiger charge is -2.08. The number of carbonyl (C=O) groups excluding carboxylic acids is 1. The van der Waals surface area contributed by atoms with Gasteiger partial charge in [0.2, 0.25) is 0 Å². The van der Waals surface area contributed by atoms with Crippen LogP contribution in [-0.2, 0) is 4.79 Å². The highest BCUT2D eigenvalue weighted by atomic mass is 35.5. The highest BCUT2D eigenvalue weighted by Crippen LogP contribution is 2.27. The highest BCUT2D eigenvalue weighted by molar-refractivity contribution is 6.35. The molecule has 0 unspecified atom stereocenters. The van der Waals surface area contributed by atoms with Crippen LogP contribution in [-0.4, -0.2) is 32.9 Å². The van der Waals surface area contributed by atoms with Crippen molar-refractivity contribution in [2.45, 2.75) is 0 Å². The lowest BCUT2D eigenvalue weighted by Crippen LogP contribution is -2.24. The second-order valence-corrected chi connectivity index (χ2v) is 5.61. The van der Waals surface area contributed by atoms with Crippen molar-refractivity contribution in [3.63, 3.8) is 0 Å². The number of ether oxygens (including phenoxy) is 3. The SMILES string of the molecule is COc1ccc(C=NNC(=O)COc2ccc(Cl)cc2Cl)c(OC)c1. The smallest absolute Gasteiger partial charge is 0.277 e. The molecular formula is C17H16Cl2N2O4. The molecule has 0 aliphatic carbocycles. The van der Waals surface area contributed by atoms with Gasteiger partial charge in [-0.1, -0.05) is 23.2 Å². The molecule has 25 heavy (non-hydrogen) atoms. The van der Waals surface area contributed by atoms with E-state index in [-0.39, 0.29) is 6.61 Å². The maximum absolute atomic E-state index is 11.8. The van der Waals surface area contributed by atoms with Crippen LogP contribution in [0.1, 0.15) is 5.56 Å². The molecule has 0 saturated carbocycles. The predicted octanol–water partition coefficient (Wildman–Crippen LogP) is 3.54. The zero-order valence-corrected chi connectivity index (χ0v) is 15.1. The molecule has 2 rings (SSSR count). The third-order valence-electron chi connectivity index (χ3n) is 3.09. The van der Waals surface area contributed by atoms with Gasteiger partial charge >= 0.3 is 0 Å². The quantitative estimate of drug-likeness (QED) is 0.587. The summed E-state index contributed by atoms with van der Waals surface area (Å²) in [5.41, 5.74) is 3.05. The monoisotopic (exact) mass is 382 g/mol. The summed E-state index contributed by atoms with van der Waals surface area (Å²) in [5.74, 6) is 1.16. The summed E-state index contributed by atoms with van der Waals surface area (Å²) in [7, 11) is 3.10. The number of hydrogen-bond donors (Lipinski definition) is 1. The average Bonchev–Trinajstić information content (AvgIpc) is 2.61. The second-order valence-electron chi connectivity index (χ2n) is 4.76. The molecule has 1 N–H and O–H groups in total. The first-order chi connectivity index (χ1) is 12.0. The molecule has 132 valence electrons. The zero-order chi connectivity index (χ0) is 18.2. The molecule has 8 heteroatoms. The normalized spacial score (nSPS) is 10.6. The minimum atomic E-state index is -0.435. The molecule has 0 aromatic heterocycles. The molecule has 0 fully saturated rings. The maximum Gasteiger partial charge on any atom is 0.277 e. The van der Waals surface area contributed by atoms with Crippen LogP contribution in [0.5, 0.6) is 17.2 Å². The van der Waals surface area contributed by atoms with E-state index in [1.165, 1.54) is 19.4 Å². The number of hydrogen-bond acceptors (Lipinski definition) is 5. The van der Waals surface area contributed by atoms with Gasteiger partial charge in [-0.25, -0.2) is 5.43 Å². The first-order valence-corrected chi connectivity index (χ1v) is 7.91. The van der Waals surface area contributed by atoms with Gasteiger partial charge in [-0.3, -0.25) is 4.79 Å². The molecule has 0 radical (unpaired) electrons. The van der Waals surface area contributed by atoms with E-state index in [1.807, 2.05) is 0 Å². The van der Waals surface area contributed by atoms with E-state index >= 15 is 0 Å². The summed E-state index contributed by atoms with van der Waals surface area (Å²) < 4.78 is 15.7. The van der Waals surface area contributed by atoms with Gasteiger partial charge < -0.3 is 14.2 Å². The van der Waals surface area contributed by atoms with Gasteiger partial charge in [0, 0.05) is 16.7 Å². The standard InChI is InChI=1S/C17H16Cl2N2O4/c1-23-13-5-3-11(16(8-13)24-2)9-20-21-17(22)10-25-15-6-4-12(18)7-14(15)19/h3-9H,10H2,1-2H3,(H,21,22). The third-order valence-corrected chi connectivity index (χ3v) is 3.62. The number of carbonyl (C=O) groups is 1. The number of hydrazone groups is 1. The number of nitrogens with one attached hydrogen (secondary N) is 1. The van der Waals surface area contributed by atoms with Crippen molar-refractivity contribution in [3.05, 3.63) is 52.0 Å². The van der Waals surface area contributed by atoms with Crippen LogP contribution >= 0.6 is 23.2 Å². The van der Waals surface area contributed by atoms with E-state index in [9.17, 15) is 4.79 Å². The summed E-state index contributed by atoms with van der Waals surface area (Å²) in [5, 5.41) is 4.69. The number of nitrogens with zero attached hydrogens (tertiary/aromatic N) is 1. The van der Waals surface area contributed by atoms with E-state index < -0.39 is 5.91 Å². The van der Waals surface area contributed by atoms with Crippen LogP contribution in [0.3, 0.4) is 0 Å². The fraction of sp³-hybridized carbons (Fsp3) is 0.176. The molecule has 0 aliphatic heterocycles. The predicted molar refractivity (Wildman–Crippen MR) is 97.2 cm³/mol. The van der Waals surface area contributed by atoms with Crippen LogP contribution in [0.25, 0.3) is 0 Å². The molecule has 0 heterocycles. The molecule has 2 aromatic rings. The number of rotatable bonds is 7.